The van der Waals surface area contributed by atoms with Crippen molar-refractivity contribution in [1.82, 2.24) is 19.5 Å². The number of hydrogen-bond acceptors (Lipinski definition) is 8. The van der Waals surface area contributed by atoms with E-state index >= 15 is 0 Å². The number of amides is 1. The van der Waals surface area contributed by atoms with Gasteiger partial charge in [0.05, 0.1) is 19.0 Å². The van der Waals surface area contributed by atoms with Gasteiger partial charge in [-0.05, 0) is 12.1 Å². The lowest BCUT2D eigenvalue weighted by atomic mass is 10.2. The summed E-state index contributed by atoms with van der Waals surface area (Å²) in [6, 6.07) is 8.69. The number of nitrogens with one attached hydrogen (secondary N) is 1. The minimum Gasteiger partial charge on any atom is -0.394 e. The molecule has 0 radical (unpaired) electrons. The van der Waals surface area contributed by atoms with E-state index in [0.717, 1.165) is 0 Å². The van der Waals surface area contributed by atoms with Crippen molar-refractivity contribution in [3.8, 4) is 0 Å². The zero-order valence-electron chi connectivity index (χ0n) is 14.2. The molecule has 27 heavy (non-hydrogen) atoms. The molecule has 0 bridgehead atoms. The van der Waals surface area contributed by atoms with Gasteiger partial charge in [0, 0.05) is 12.0 Å². The number of rotatable bonds is 4. The average Bonchev–Trinajstić information content (AvgIpc) is 3.25. The summed E-state index contributed by atoms with van der Waals surface area (Å²) < 4.78 is 7.24. The van der Waals surface area contributed by atoms with Crippen molar-refractivity contribution in [3.63, 3.8) is 0 Å². The van der Waals surface area contributed by atoms with E-state index in [2.05, 4.69) is 20.3 Å². The minimum atomic E-state index is -0.797. The second kappa shape index (κ2) is 6.91. The number of carbonyl (C=O) groups excluding carboxylic acids is 1. The zero-order chi connectivity index (χ0) is 19.0. The molecule has 1 aromatic carbocycles. The molecular formula is C17H18N6O4. The van der Waals surface area contributed by atoms with E-state index in [4.69, 9.17) is 10.5 Å². The van der Waals surface area contributed by atoms with Crippen LogP contribution in [-0.4, -0.2) is 54.5 Å². The molecule has 0 saturated carbocycles. The van der Waals surface area contributed by atoms with Crippen LogP contribution in [0.15, 0.2) is 36.7 Å². The fraction of sp³-hybridized carbons (Fsp3) is 0.294. The van der Waals surface area contributed by atoms with E-state index in [1.54, 1.807) is 28.8 Å². The van der Waals surface area contributed by atoms with Gasteiger partial charge in [-0.25, -0.2) is 4.98 Å². The molecule has 0 spiro atoms. The van der Waals surface area contributed by atoms with Gasteiger partial charge in [-0.2, -0.15) is 9.97 Å². The van der Waals surface area contributed by atoms with Gasteiger partial charge in [-0.3, -0.25) is 9.36 Å². The molecule has 1 fully saturated rings. The molecule has 10 heteroatoms. The monoisotopic (exact) mass is 370 g/mol. The Labute approximate surface area is 153 Å². The molecule has 3 heterocycles. The van der Waals surface area contributed by atoms with Gasteiger partial charge in [0.15, 0.2) is 17.0 Å². The summed E-state index contributed by atoms with van der Waals surface area (Å²) in [5.74, 6) is -0.204. The van der Waals surface area contributed by atoms with Crippen molar-refractivity contribution < 1.29 is 19.7 Å². The molecule has 3 atom stereocenters. The highest BCUT2D eigenvalue weighted by molar-refractivity contribution is 6.06. The fourth-order valence-corrected chi connectivity index (χ4v) is 3.05. The normalized spacial score (nSPS) is 22.2. The van der Waals surface area contributed by atoms with Crippen LogP contribution in [-0.2, 0) is 4.74 Å². The van der Waals surface area contributed by atoms with Gasteiger partial charge in [-0.1, -0.05) is 18.2 Å². The number of anilines is 2. The number of hydrogen-bond donors (Lipinski definition) is 4. The van der Waals surface area contributed by atoms with Crippen LogP contribution in [0.1, 0.15) is 23.0 Å². The second-order valence-electron chi connectivity index (χ2n) is 6.19. The first-order valence-electron chi connectivity index (χ1n) is 8.37. The number of nitrogens with zero attached hydrogens (tertiary/aromatic N) is 4. The summed E-state index contributed by atoms with van der Waals surface area (Å²) >= 11 is 0. The van der Waals surface area contributed by atoms with E-state index < -0.39 is 18.4 Å². The summed E-state index contributed by atoms with van der Waals surface area (Å²) in [6.45, 7) is -0.292. The van der Waals surface area contributed by atoms with Crippen LogP contribution in [0.4, 0.5) is 11.8 Å². The highest BCUT2D eigenvalue weighted by Gasteiger charge is 2.35. The number of fused-ring (bicyclic) bond motifs is 1. The van der Waals surface area contributed by atoms with Crippen LogP contribution in [0, 0.1) is 0 Å². The van der Waals surface area contributed by atoms with Crippen LogP contribution in [0.2, 0.25) is 0 Å². The molecule has 0 aliphatic carbocycles. The Balaban J connectivity index is 1.68. The van der Waals surface area contributed by atoms with Crippen LogP contribution in [0.5, 0.6) is 0 Å². The van der Waals surface area contributed by atoms with Gasteiger partial charge in [0.1, 0.15) is 12.3 Å². The maximum absolute atomic E-state index is 12.4. The van der Waals surface area contributed by atoms with Crippen molar-refractivity contribution in [2.45, 2.75) is 24.9 Å². The number of aliphatic hydroxyl groups excluding tert-OH is 2. The first-order chi connectivity index (χ1) is 13.1. The summed E-state index contributed by atoms with van der Waals surface area (Å²) in [7, 11) is 0. The highest BCUT2D eigenvalue weighted by Crippen LogP contribution is 2.32. The standard InChI is InChI=1S/C17H18N6O4/c18-17-21-14(20-16(26)9-4-2-1-3-5-9)13-15(22-17)23(8-19-13)12-6-10(25)11(7-24)27-12/h1-5,8,10-12,24-25H,6-7H2,(H3,18,20,21,22,26)/t10-,11-,12+/m1/s1. The Morgan fingerprint density at radius 2 is 2.11 bits per heavy atom. The SMILES string of the molecule is Nc1nc(NC(=O)c2ccccc2)c2ncn([C@@H]3C[C@@H](O)[C@@H](CO)O3)c2n1. The maximum Gasteiger partial charge on any atom is 0.256 e. The van der Waals surface area contributed by atoms with Crippen molar-refractivity contribution in [3.05, 3.63) is 42.2 Å². The van der Waals surface area contributed by atoms with E-state index in [1.807, 2.05) is 6.07 Å². The molecule has 10 nitrogen and oxygen atoms in total. The number of benzene rings is 1. The number of aliphatic hydroxyl groups is 2. The van der Waals surface area contributed by atoms with E-state index in [-0.39, 0.29) is 30.7 Å². The second-order valence-corrected chi connectivity index (χ2v) is 6.19. The molecule has 1 saturated heterocycles. The Bertz CT molecular complexity index is 976. The van der Waals surface area contributed by atoms with Gasteiger partial charge >= 0.3 is 0 Å². The summed E-state index contributed by atoms with van der Waals surface area (Å²) in [5.41, 5.74) is 6.98. The topological polar surface area (TPSA) is 148 Å². The summed E-state index contributed by atoms with van der Waals surface area (Å²) in [4.78, 5) is 25.0. The molecule has 1 aliphatic rings. The predicted molar refractivity (Wildman–Crippen MR) is 95.8 cm³/mol. The lowest BCUT2D eigenvalue weighted by Crippen LogP contribution is -2.24. The number of aromatic nitrogens is 4. The quantitative estimate of drug-likeness (QED) is 0.512. The van der Waals surface area contributed by atoms with Crippen LogP contribution >= 0.6 is 0 Å². The molecule has 2 aromatic heterocycles. The number of imidazole rings is 1. The number of nitrogens with two attached hydrogens (primary N) is 1. The molecular weight excluding hydrogens is 352 g/mol. The Kier molecular flexibility index (Phi) is 4.44. The highest BCUT2D eigenvalue weighted by atomic mass is 16.5. The van der Waals surface area contributed by atoms with Crippen molar-refractivity contribution >= 4 is 28.8 Å². The number of carbonyl (C=O) groups is 1. The van der Waals surface area contributed by atoms with Gasteiger partial charge in [0.2, 0.25) is 5.95 Å². The summed E-state index contributed by atoms with van der Waals surface area (Å²) in [5, 5.41) is 21.9. The van der Waals surface area contributed by atoms with Crippen LogP contribution in [0.25, 0.3) is 11.2 Å². The van der Waals surface area contributed by atoms with Gasteiger partial charge in [0.25, 0.3) is 5.91 Å². The fourth-order valence-electron chi connectivity index (χ4n) is 3.05. The molecule has 4 rings (SSSR count). The van der Waals surface area contributed by atoms with Crippen LogP contribution < -0.4 is 11.1 Å². The van der Waals surface area contributed by atoms with E-state index in [9.17, 15) is 15.0 Å². The zero-order valence-corrected chi connectivity index (χ0v) is 14.2. The Morgan fingerprint density at radius 1 is 1.33 bits per heavy atom. The van der Waals surface area contributed by atoms with Crippen molar-refractivity contribution in [2.24, 2.45) is 0 Å². The minimum absolute atomic E-state index is 0.0372. The van der Waals surface area contributed by atoms with E-state index in [1.165, 1.54) is 6.33 Å². The predicted octanol–water partition coefficient (Wildman–Crippen LogP) is 0.301. The Hall–Kier alpha value is -3.08. The number of ether oxygens (including phenoxy) is 1. The molecule has 3 aromatic rings. The Morgan fingerprint density at radius 3 is 2.81 bits per heavy atom. The largest absolute Gasteiger partial charge is 0.394 e. The maximum atomic E-state index is 12.4. The van der Waals surface area contributed by atoms with Crippen molar-refractivity contribution in [1.29, 1.82) is 0 Å². The third-order valence-corrected chi connectivity index (χ3v) is 4.40. The molecule has 0 unspecified atom stereocenters. The lowest BCUT2D eigenvalue weighted by molar-refractivity contribution is -0.0432. The molecule has 140 valence electrons. The first-order valence-corrected chi connectivity index (χ1v) is 8.37. The molecule has 5 N–H and O–H groups in total. The lowest BCUT2D eigenvalue weighted by Gasteiger charge is -2.14. The molecule has 1 aliphatic heterocycles. The van der Waals surface area contributed by atoms with Gasteiger partial charge in [-0.15, -0.1) is 0 Å². The van der Waals surface area contributed by atoms with Crippen molar-refractivity contribution in [2.75, 3.05) is 17.7 Å². The first kappa shape index (κ1) is 17.3. The smallest absolute Gasteiger partial charge is 0.256 e. The molecule has 1 amide bonds. The van der Waals surface area contributed by atoms with Crippen LogP contribution in [0.3, 0.4) is 0 Å². The number of nitrogen functional groups attached to an aromatic ring is 1. The summed E-state index contributed by atoms with van der Waals surface area (Å²) in [6.07, 6.45) is -0.285. The van der Waals surface area contributed by atoms with Gasteiger partial charge < -0.3 is 26.0 Å². The van der Waals surface area contributed by atoms with E-state index in [0.29, 0.717) is 16.7 Å². The average molecular weight is 370 g/mol. The third kappa shape index (κ3) is 3.21. The third-order valence-electron chi connectivity index (χ3n) is 4.40.